The molecule has 0 aliphatic heterocycles. The van der Waals surface area contributed by atoms with Gasteiger partial charge in [0.15, 0.2) is 0 Å². The number of carboxylic acids is 1. The first-order valence-electron chi connectivity index (χ1n) is 5.92. The smallest absolute Gasteiger partial charge is 0.320 e. The maximum Gasteiger partial charge on any atom is 0.320 e. The molecule has 1 rings (SSSR count). The molecular formula is C13H19N3O2. The molecule has 1 aromatic heterocycles. The number of hydrogen-bond acceptors (Lipinski definition) is 3. The molecule has 0 amide bonds. The third-order valence-electron chi connectivity index (χ3n) is 2.60. The zero-order valence-corrected chi connectivity index (χ0v) is 10.3. The van der Waals surface area contributed by atoms with Crippen molar-refractivity contribution in [2.75, 3.05) is 6.54 Å². The fraction of sp³-hybridized carbons (Fsp3) is 0.385. The van der Waals surface area contributed by atoms with E-state index in [1.807, 2.05) is 22.9 Å². The highest BCUT2D eigenvalue weighted by Crippen LogP contribution is 2.01. The van der Waals surface area contributed by atoms with Gasteiger partial charge in [-0.15, -0.1) is 0 Å². The van der Waals surface area contributed by atoms with E-state index >= 15 is 0 Å². The van der Waals surface area contributed by atoms with Gasteiger partial charge in [0.1, 0.15) is 6.04 Å². The Hall–Kier alpha value is -1.88. The van der Waals surface area contributed by atoms with Gasteiger partial charge in [-0.2, -0.15) is 0 Å². The Morgan fingerprint density at radius 3 is 3.06 bits per heavy atom. The van der Waals surface area contributed by atoms with E-state index in [0.717, 1.165) is 18.5 Å². The number of nitrogens with two attached hydrogens (primary N) is 1. The van der Waals surface area contributed by atoms with Gasteiger partial charge in [0.2, 0.25) is 0 Å². The minimum atomic E-state index is -0.942. The molecule has 98 valence electrons. The highest BCUT2D eigenvalue weighted by atomic mass is 16.4. The van der Waals surface area contributed by atoms with Gasteiger partial charge in [0.25, 0.3) is 0 Å². The Bertz CT molecular complexity index is 424. The lowest BCUT2D eigenvalue weighted by molar-refractivity contribution is -0.138. The molecular weight excluding hydrogens is 230 g/mol. The second kappa shape index (κ2) is 7.45. The molecule has 0 aliphatic carbocycles. The van der Waals surface area contributed by atoms with Crippen LogP contribution in [-0.2, 0) is 4.79 Å². The lowest BCUT2D eigenvalue weighted by Crippen LogP contribution is -2.29. The van der Waals surface area contributed by atoms with Crippen molar-refractivity contribution < 1.29 is 9.90 Å². The normalized spacial score (nSPS) is 12.7. The molecule has 1 heterocycles. The van der Waals surface area contributed by atoms with Crippen LogP contribution in [0.25, 0.3) is 6.20 Å². The highest BCUT2D eigenvalue weighted by Gasteiger charge is 2.09. The van der Waals surface area contributed by atoms with E-state index in [9.17, 15) is 4.79 Å². The van der Waals surface area contributed by atoms with Crippen LogP contribution >= 0.6 is 0 Å². The van der Waals surface area contributed by atoms with Crippen LogP contribution in [0, 0.1) is 0 Å². The number of unbranched alkanes of at least 4 members (excludes halogenated alkanes) is 1. The molecule has 0 aliphatic rings. The van der Waals surface area contributed by atoms with Crippen molar-refractivity contribution >= 4 is 18.4 Å². The van der Waals surface area contributed by atoms with Crippen LogP contribution in [0.4, 0.5) is 0 Å². The average molecular weight is 249 g/mol. The van der Waals surface area contributed by atoms with E-state index in [1.165, 1.54) is 0 Å². The molecule has 0 unspecified atom stereocenters. The van der Waals surface area contributed by atoms with Gasteiger partial charge in [0.05, 0.1) is 5.69 Å². The summed E-state index contributed by atoms with van der Waals surface area (Å²) in [5, 5.41) is 8.60. The zero-order chi connectivity index (χ0) is 13.4. The van der Waals surface area contributed by atoms with Gasteiger partial charge in [-0.25, -0.2) is 0 Å². The number of carboxylic acid groups (broad SMARTS) is 1. The summed E-state index contributed by atoms with van der Waals surface area (Å²) >= 11 is 0. The topological polar surface area (TPSA) is 80.6 Å². The van der Waals surface area contributed by atoms with Crippen molar-refractivity contribution in [3.8, 4) is 0 Å². The number of aliphatic carboxylic acids is 1. The fourth-order valence-corrected chi connectivity index (χ4v) is 1.53. The second-order valence-corrected chi connectivity index (χ2v) is 4.00. The van der Waals surface area contributed by atoms with E-state index in [-0.39, 0.29) is 0 Å². The molecule has 0 aromatic carbocycles. The maximum absolute atomic E-state index is 10.5. The van der Waals surface area contributed by atoms with E-state index in [0.29, 0.717) is 13.0 Å². The van der Waals surface area contributed by atoms with E-state index in [2.05, 4.69) is 11.6 Å². The largest absolute Gasteiger partial charge is 0.480 e. The molecule has 0 saturated carbocycles. The monoisotopic (exact) mass is 249 g/mol. The summed E-state index contributed by atoms with van der Waals surface area (Å²) in [6, 6.07) is 3.12. The van der Waals surface area contributed by atoms with Gasteiger partial charge in [-0.3, -0.25) is 9.79 Å². The number of aliphatic imine (C=N–C) groups is 1. The van der Waals surface area contributed by atoms with Gasteiger partial charge in [0, 0.05) is 25.2 Å². The van der Waals surface area contributed by atoms with Crippen LogP contribution in [0.15, 0.2) is 29.9 Å². The SMILES string of the molecule is C=Cn1cccc1C=NCCCC[C@H](N)C(=O)O. The molecule has 0 radical (unpaired) electrons. The fourth-order valence-electron chi connectivity index (χ4n) is 1.53. The quantitative estimate of drug-likeness (QED) is 0.542. The standard InChI is InChI=1S/C13H19N3O2/c1-2-16-9-5-6-11(16)10-15-8-4-3-7-12(14)13(17)18/h2,5-6,9-10,12H,1,3-4,7-8,14H2,(H,17,18)/t12-/m0/s1. The van der Waals surface area contributed by atoms with Crippen LogP contribution < -0.4 is 5.73 Å². The Labute approximate surface area is 107 Å². The summed E-state index contributed by atoms with van der Waals surface area (Å²) < 4.78 is 1.88. The Kier molecular flexibility index (Phi) is 5.87. The molecule has 18 heavy (non-hydrogen) atoms. The molecule has 0 saturated heterocycles. The third-order valence-corrected chi connectivity index (χ3v) is 2.60. The molecule has 0 fully saturated rings. The lowest BCUT2D eigenvalue weighted by atomic mass is 10.1. The summed E-state index contributed by atoms with van der Waals surface area (Å²) in [6.07, 6.45) is 7.51. The van der Waals surface area contributed by atoms with Crippen LogP contribution in [-0.4, -0.2) is 34.4 Å². The predicted octanol–water partition coefficient (Wildman–Crippen LogP) is 1.59. The first-order chi connectivity index (χ1) is 8.65. The van der Waals surface area contributed by atoms with Crippen molar-refractivity contribution in [2.45, 2.75) is 25.3 Å². The molecule has 5 nitrogen and oxygen atoms in total. The van der Waals surface area contributed by atoms with Crippen LogP contribution in [0.1, 0.15) is 25.0 Å². The van der Waals surface area contributed by atoms with E-state index in [1.54, 1.807) is 12.4 Å². The van der Waals surface area contributed by atoms with Gasteiger partial charge < -0.3 is 15.4 Å². The molecule has 3 N–H and O–H groups in total. The minimum Gasteiger partial charge on any atom is -0.480 e. The lowest BCUT2D eigenvalue weighted by Gasteiger charge is -2.04. The Morgan fingerprint density at radius 1 is 1.61 bits per heavy atom. The Balaban J connectivity index is 2.22. The van der Waals surface area contributed by atoms with Crippen molar-refractivity contribution in [1.29, 1.82) is 0 Å². The maximum atomic E-state index is 10.5. The number of carbonyl (C=O) groups is 1. The zero-order valence-electron chi connectivity index (χ0n) is 10.3. The number of hydrogen-bond donors (Lipinski definition) is 2. The first kappa shape index (κ1) is 14.2. The van der Waals surface area contributed by atoms with Crippen LogP contribution in [0.2, 0.25) is 0 Å². The summed E-state index contributed by atoms with van der Waals surface area (Å²) in [4.78, 5) is 14.8. The summed E-state index contributed by atoms with van der Waals surface area (Å²) in [7, 11) is 0. The first-order valence-corrected chi connectivity index (χ1v) is 5.92. The second-order valence-electron chi connectivity index (χ2n) is 4.00. The van der Waals surface area contributed by atoms with Gasteiger partial charge in [-0.1, -0.05) is 6.58 Å². The summed E-state index contributed by atoms with van der Waals surface area (Å²) in [5.74, 6) is -0.942. The van der Waals surface area contributed by atoms with E-state index < -0.39 is 12.0 Å². The number of rotatable bonds is 8. The predicted molar refractivity (Wildman–Crippen MR) is 72.7 cm³/mol. The third kappa shape index (κ3) is 4.55. The van der Waals surface area contributed by atoms with Crippen LogP contribution in [0.5, 0.6) is 0 Å². The molecule has 1 atom stereocenters. The molecule has 0 bridgehead atoms. The summed E-state index contributed by atoms with van der Waals surface area (Å²) in [6.45, 7) is 4.36. The Morgan fingerprint density at radius 2 is 2.39 bits per heavy atom. The summed E-state index contributed by atoms with van der Waals surface area (Å²) in [5.41, 5.74) is 6.37. The number of aromatic nitrogens is 1. The van der Waals surface area contributed by atoms with Crippen LogP contribution in [0.3, 0.4) is 0 Å². The van der Waals surface area contributed by atoms with Gasteiger partial charge >= 0.3 is 5.97 Å². The van der Waals surface area contributed by atoms with Crippen molar-refractivity contribution in [2.24, 2.45) is 10.7 Å². The van der Waals surface area contributed by atoms with Crippen molar-refractivity contribution in [3.63, 3.8) is 0 Å². The van der Waals surface area contributed by atoms with Crippen molar-refractivity contribution in [1.82, 2.24) is 4.57 Å². The van der Waals surface area contributed by atoms with E-state index in [4.69, 9.17) is 10.8 Å². The average Bonchev–Trinajstić information content (AvgIpc) is 2.80. The highest BCUT2D eigenvalue weighted by molar-refractivity contribution is 5.78. The molecule has 1 aromatic rings. The number of nitrogens with zero attached hydrogens (tertiary/aromatic N) is 2. The van der Waals surface area contributed by atoms with Crippen molar-refractivity contribution in [3.05, 3.63) is 30.6 Å². The minimum absolute atomic E-state index is 0.494. The molecule has 0 spiro atoms. The van der Waals surface area contributed by atoms with Gasteiger partial charge in [-0.05, 0) is 31.4 Å². The molecule has 5 heteroatoms.